The summed E-state index contributed by atoms with van der Waals surface area (Å²) < 4.78 is 1.68. The molecule has 0 bridgehead atoms. The first kappa shape index (κ1) is 7.16. The van der Waals surface area contributed by atoms with E-state index in [9.17, 15) is 5.11 Å². The van der Waals surface area contributed by atoms with Crippen LogP contribution in [0.2, 0.25) is 0 Å². The summed E-state index contributed by atoms with van der Waals surface area (Å²) in [6.07, 6.45) is 1.77. The molecule has 0 radical (unpaired) electrons. The molecule has 1 N–H and O–H groups in total. The van der Waals surface area contributed by atoms with Crippen LogP contribution in [0.4, 0.5) is 0 Å². The second-order valence-corrected chi connectivity index (χ2v) is 2.93. The third-order valence-corrected chi connectivity index (χ3v) is 2.10. The third-order valence-electron chi connectivity index (χ3n) is 2.10. The average molecular weight is 162 g/mol. The van der Waals surface area contributed by atoms with Gasteiger partial charge in [0.1, 0.15) is 11.3 Å². The quantitative estimate of drug-likeness (QED) is 0.638. The highest BCUT2D eigenvalue weighted by Crippen LogP contribution is 2.25. The minimum atomic E-state index is 0.288. The summed E-state index contributed by atoms with van der Waals surface area (Å²) in [5, 5.41) is 14.6. The van der Waals surface area contributed by atoms with Crippen LogP contribution in [0, 0.1) is 6.92 Å². The first-order valence-electron chi connectivity index (χ1n) is 3.80. The van der Waals surface area contributed by atoms with E-state index < -0.39 is 0 Å². The average Bonchev–Trinajstić information content (AvgIpc) is 2.42. The van der Waals surface area contributed by atoms with E-state index in [2.05, 4.69) is 5.10 Å². The number of benzene rings is 1. The van der Waals surface area contributed by atoms with Crippen LogP contribution in [0.1, 0.15) is 5.56 Å². The molecule has 0 fully saturated rings. The van der Waals surface area contributed by atoms with E-state index in [1.165, 1.54) is 0 Å². The monoisotopic (exact) mass is 162 g/mol. The predicted molar refractivity (Wildman–Crippen MR) is 47.1 cm³/mol. The smallest absolute Gasteiger partial charge is 0.141 e. The summed E-state index contributed by atoms with van der Waals surface area (Å²) >= 11 is 0. The van der Waals surface area contributed by atoms with Gasteiger partial charge in [0.05, 0.1) is 6.20 Å². The number of fused-ring (bicyclic) bond motifs is 1. The second kappa shape index (κ2) is 2.24. The van der Waals surface area contributed by atoms with Crippen molar-refractivity contribution in [3.05, 3.63) is 23.9 Å². The molecule has 62 valence electrons. The van der Waals surface area contributed by atoms with Crippen molar-refractivity contribution in [1.82, 2.24) is 9.78 Å². The van der Waals surface area contributed by atoms with Crippen molar-refractivity contribution >= 4 is 10.9 Å². The van der Waals surface area contributed by atoms with Crippen LogP contribution >= 0.6 is 0 Å². The highest BCUT2D eigenvalue weighted by molar-refractivity contribution is 5.87. The number of hydrogen-bond donors (Lipinski definition) is 1. The topological polar surface area (TPSA) is 38.1 Å². The van der Waals surface area contributed by atoms with Gasteiger partial charge in [-0.1, -0.05) is 6.07 Å². The first-order valence-corrected chi connectivity index (χ1v) is 3.80. The van der Waals surface area contributed by atoms with Gasteiger partial charge in [-0.15, -0.1) is 0 Å². The zero-order chi connectivity index (χ0) is 8.72. The van der Waals surface area contributed by atoms with Crippen molar-refractivity contribution in [3.8, 4) is 5.75 Å². The van der Waals surface area contributed by atoms with Crippen LogP contribution in [-0.4, -0.2) is 14.9 Å². The summed E-state index contributed by atoms with van der Waals surface area (Å²) in [5.74, 6) is 0.288. The Morgan fingerprint density at radius 2 is 2.17 bits per heavy atom. The lowest BCUT2D eigenvalue weighted by Gasteiger charge is -1.99. The maximum absolute atomic E-state index is 9.50. The van der Waals surface area contributed by atoms with Gasteiger partial charge in [0.25, 0.3) is 0 Å². The molecule has 1 aromatic carbocycles. The van der Waals surface area contributed by atoms with E-state index in [4.69, 9.17) is 0 Å². The lowest BCUT2D eigenvalue weighted by molar-refractivity contribution is 0.477. The normalized spacial score (nSPS) is 10.8. The van der Waals surface area contributed by atoms with Crippen LogP contribution in [0.3, 0.4) is 0 Å². The number of aromatic nitrogens is 2. The Balaban J connectivity index is 2.98. The molecule has 0 unspecified atom stereocenters. The maximum Gasteiger partial charge on any atom is 0.141 e. The van der Waals surface area contributed by atoms with Crippen LogP contribution < -0.4 is 0 Å². The van der Waals surface area contributed by atoms with Gasteiger partial charge in [-0.2, -0.15) is 5.10 Å². The van der Waals surface area contributed by atoms with Gasteiger partial charge in [0.2, 0.25) is 0 Å². The van der Waals surface area contributed by atoms with Gasteiger partial charge >= 0.3 is 0 Å². The molecule has 1 aromatic heterocycles. The van der Waals surface area contributed by atoms with Gasteiger partial charge < -0.3 is 5.11 Å². The van der Waals surface area contributed by atoms with Crippen LogP contribution in [0.25, 0.3) is 10.9 Å². The molecule has 0 saturated carbocycles. The molecule has 0 spiro atoms. The number of nitrogens with zero attached hydrogens (tertiary/aromatic N) is 2. The molecule has 3 nitrogen and oxygen atoms in total. The second-order valence-electron chi connectivity index (χ2n) is 2.93. The standard InChI is InChI=1S/C9H10N2O/c1-6-3-4-8(12)9-7(6)5-10-11(9)2/h3-5,12H,1-2H3. The third kappa shape index (κ3) is 0.794. The summed E-state index contributed by atoms with van der Waals surface area (Å²) in [7, 11) is 1.82. The maximum atomic E-state index is 9.50. The van der Waals surface area contributed by atoms with Crippen molar-refractivity contribution in [2.24, 2.45) is 7.05 Å². The molecule has 0 aliphatic heterocycles. The molecule has 2 aromatic rings. The summed E-state index contributed by atoms with van der Waals surface area (Å²) in [6.45, 7) is 2.00. The lowest BCUT2D eigenvalue weighted by Crippen LogP contribution is -1.89. The van der Waals surface area contributed by atoms with E-state index in [1.54, 1.807) is 16.9 Å². The minimum absolute atomic E-state index is 0.288. The largest absolute Gasteiger partial charge is 0.506 e. The van der Waals surface area contributed by atoms with Crippen molar-refractivity contribution in [1.29, 1.82) is 0 Å². The highest BCUT2D eigenvalue weighted by atomic mass is 16.3. The SMILES string of the molecule is Cc1ccc(O)c2c1cnn2C. The Bertz CT molecular complexity index is 431. The van der Waals surface area contributed by atoms with Crippen molar-refractivity contribution in [2.45, 2.75) is 6.92 Å². The lowest BCUT2D eigenvalue weighted by atomic mass is 10.1. The fourth-order valence-electron chi connectivity index (χ4n) is 1.40. The predicted octanol–water partition coefficient (Wildman–Crippen LogP) is 1.59. The molecule has 0 aliphatic rings. The number of rotatable bonds is 0. The summed E-state index contributed by atoms with van der Waals surface area (Å²) in [4.78, 5) is 0. The number of aryl methyl sites for hydroxylation is 2. The first-order chi connectivity index (χ1) is 5.70. The Morgan fingerprint density at radius 1 is 1.42 bits per heavy atom. The summed E-state index contributed by atoms with van der Waals surface area (Å²) in [5.41, 5.74) is 1.94. The van der Waals surface area contributed by atoms with Crippen LogP contribution in [0.15, 0.2) is 18.3 Å². The van der Waals surface area contributed by atoms with Crippen molar-refractivity contribution in [2.75, 3.05) is 0 Å². The zero-order valence-electron chi connectivity index (χ0n) is 7.07. The molecule has 1 heterocycles. The van der Waals surface area contributed by atoms with Crippen LogP contribution in [0.5, 0.6) is 5.75 Å². The Morgan fingerprint density at radius 3 is 2.83 bits per heavy atom. The molecule has 3 heteroatoms. The van der Waals surface area contributed by atoms with Gasteiger partial charge in [0.15, 0.2) is 0 Å². The zero-order valence-corrected chi connectivity index (χ0v) is 7.07. The molecule has 0 saturated heterocycles. The Hall–Kier alpha value is -1.51. The Kier molecular flexibility index (Phi) is 1.33. The van der Waals surface area contributed by atoms with Crippen molar-refractivity contribution < 1.29 is 5.11 Å². The number of phenolic OH excluding ortho intramolecular Hbond substituents is 1. The number of hydrogen-bond acceptors (Lipinski definition) is 2. The fraction of sp³-hybridized carbons (Fsp3) is 0.222. The van der Waals surface area contributed by atoms with Crippen LogP contribution in [-0.2, 0) is 7.05 Å². The number of aromatic hydroxyl groups is 1. The molecular formula is C9H10N2O. The van der Waals surface area contributed by atoms with E-state index in [1.807, 2.05) is 20.0 Å². The summed E-state index contributed by atoms with van der Waals surface area (Å²) in [6, 6.07) is 3.58. The van der Waals surface area contributed by atoms with E-state index in [-0.39, 0.29) is 5.75 Å². The molecule has 0 aliphatic carbocycles. The number of phenols is 1. The van der Waals surface area contributed by atoms with Gasteiger partial charge in [-0.25, -0.2) is 0 Å². The molecule has 0 amide bonds. The van der Waals surface area contributed by atoms with Gasteiger partial charge in [-0.05, 0) is 18.6 Å². The molecule has 12 heavy (non-hydrogen) atoms. The highest BCUT2D eigenvalue weighted by Gasteiger charge is 2.05. The van der Waals surface area contributed by atoms with Gasteiger partial charge in [0, 0.05) is 12.4 Å². The molecular weight excluding hydrogens is 152 g/mol. The van der Waals surface area contributed by atoms with E-state index in [0.29, 0.717) is 0 Å². The van der Waals surface area contributed by atoms with Crippen molar-refractivity contribution in [3.63, 3.8) is 0 Å². The fourth-order valence-corrected chi connectivity index (χ4v) is 1.40. The van der Waals surface area contributed by atoms with E-state index >= 15 is 0 Å². The molecule has 0 atom stereocenters. The van der Waals surface area contributed by atoms with Gasteiger partial charge in [-0.3, -0.25) is 4.68 Å². The van der Waals surface area contributed by atoms with E-state index in [0.717, 1.165) is 16.5 Å². The minimum Gasteiger partial charge on any atom is -0.506 e. The Labute approximate surface area is 70.2 Å². The molecule has 2 rings (SSSR count).